The molecule has 0 saturated heterocycles. The molecule has 286 valence electrons. The first-order chi connectivity index (χ1) is 28.5. The molecule has 4 nitrogen and oxygen atoms in total. The lowest BCUT2D eigenvalue weighted by Crippen LogP contribution is -2.61. The van der Waals surface area contributed by atoms with E-state index >= 15 is 0 Å². The van der Waals surface area contributed by atoms with Gasteiger partial charge in [0.25, 0.3) is 6.71 Å². The van der Waals surface area contributed by atoms with Crippen molar-refractivity contribution in [2.45, 2.75) is 52.4 Å². The molecule has 0 amide bonds. The van der Waals surface area contributed by atoms with Gasteiger partial charge in [0.1, 0.15) is 0 Å². The van der Waals surface area contributed by atoms with Gasteiger partial charge in [0.15, 0.2) is 5.82 Å². The minimum Gasteiger partial charge on any atom is -0.311 e. The standard InChI is InChI=1S/C54H47BN4/c1-53(2,3)41-20-24-43(25-21-41)58-47-32-38(36-14-9-7-10-15-36)18-28-45(47)55-46-29-19-39(37-16-11-8-12-17-37)33-48(46)59(44-26-22-42(23-27-44)54(4,5)6)50-35-40(34-49(58)51(50)55)52-56-30-13-31-57-52/h7-35H,1-6H3. The Morgan fingerprint density at radius 2 is 0.797 bits per heavy atom. The summed E-state index contributed by atoms with van der Waals surface area (Å²) in [7, 11) is 0. The lowest BCUT2D eigenvalue weighted by atomic mass is 9.33. The molecule has 8 aromatic rings. The average Bonchev–Trinajstić information content (AvgIpc) is 3.26. The highest BCUT2D eigenvalue weighted by Gasteiger charge is 2.44. The van der Waals surface area contributed by atoms with Gasteiger partial charge in [0.2, 0.25) is 0 Å². The van der Waals surface area contributed by atoms with Crippen LogP contribution in [0.4, 0.5) is 34.1 Å². The summed E-state index contributed by atoms with van der Waals surface area (Å²) in [6.45, 7) is 13.6. The lowest BCUT2D eigenvalue weighted by molar-refractivity contribution is 0.590. The number of aromatic nitrogens is 2. The molecule has 1 aromatic heterocycles. The summed E-state index contributed by atoms with van der Waals surface area (Å²) in [4.78, 5) is 14.6. The molecular formula is C54H47BN4. The van der Waals surface area contributed by atoms with Gasteiger partial charge in [-0.15, -0.1) is 0 Å². The van der Waals surface area contributed by atoms with Gasteiger partial charge in [0.05, 0.1) is 0 Å². The maximum atomic E-state index is 4.83. The van der Waals surface area contributed by atoms with Crippen LogP contribution in [-0.4, -0.2) is 16.7 Å². The molecule has 59 heavy (non-hydrogen) atoms. The van der Waals surface area contributed by atoms with Crippen molar-refractivity contribution in [3.63, 3.8) is 0 Å². The highest BCUT2D eigenvalue weighted by Crippen LogP contribution is 2.47. The second kappa shape index (κ2) is 14.0. The molecule has 2 aliphatic rings. The van der Waals surface area contributed by atoms with Crippen molar-refractivity contribution in [1.29, 1.82) is 0 Å². The third-order valence-corrected chi connectivity index (χ3v) is 12.1. The van der Waals surface area contributed by atoms with E-state index in [0.29, 0.717) is 5.82 Å². The Balaban J connectivity index is 1.30. The van der Waals surface area contributed by atoms with E-state index in [1.54, 1.807) is 0 Å². The minimum atomic E-state index is -0.0272. The topological polar surface area (TPSA) is 32.3 Å². The Morgan fingerprint density at radius 3 is 1.20 bits per heavy atom. The Morgan fingerprint density at radius 1 is 0.390 bits per heavy atom. The monoisotopic (exact) mass is 762 g/mol. The molecule has 7 aromatic carbocycles. The zero-order chi connectivity index (χ0) is 40.5. The molecule has 2 aliphatic heterocycles. The largest absolute Gasteiger partial charge is 0.311 e. The first-order valence-corrected chi connectivity index (χ1v) is 20.7. The second-order valence-electron chi connectivity index (χ2n) is 18.0. The first-order valence-electron chi connectivity index (χ1n) is 20.7. The first kappa shape index (κ1) is 36.6. The molecule has 0 aliphatic carbocycles. The van der Waals surface area contributed by atoms with Crippen molar-refractivity contribution in [2.75, 3.05) is 9.80 Å². The van der Waals surface area contributed by atoms with E-state index in [1.165, 1.54) is 61.1 Å². The summed E-state index contributed by atoms with van der Waals surface area (Å²) in [5.41, 5.74) is 19.0. The van der Waals surface area contributed by atoms with Crippen LogP contribution in [0.15, 0.2) is 176 Å². The normalized spacial score (nSPS) is 13.2. The van der Waals surface area contributed by atoms with Gasteiger partial charge in [-0.2, -0.15) is 0 Å². The third kappa shape index (κ3) is 6.42. The van der Waals surface area contributed by atoms with E-state index in [-0.39, 0.29) is 17.5 Å². The van der Waals surface area contributed by atoms with Crippen molar-refractivity contribution in [3.05, 3.63) is 187 Å². The molecule has 0 saturated carbocycles. The summed E-state index contributed by atoms with van der Waals surface area (Å²) in [6.07, 6.45) is 3.68. The van der Waals surface area contributed by atoms with E-state index in [0.717, 1.165) is 28.3 Å². The Bertz CT molecular complexity index is 2650. The van der Waals surface area contributed by atoms with E-state index < -0.39 is 0 Å². The molecule has 0 N–H and O–H groups in total. The summed E-state index contributed by atoms with van der Waals surface area (Å²) in [5.74, 6) is 0.696. The van der Waals surface area contributed by atoms with Crippen LogP contribution in [-0.2, 0) is 10.8 Å². The van der Waals surface area contributed by atoms with Crippen molar-refractivity contribution >= 4 is 57.2 Å². The smallest absolute Gasteiger partial charge is 0.252 e. The fourth-order valence-corrected chi connectivity index (χ4v) is 8.96. The van der Waals surface area contributed by atoms with Crippen molar-refractivity contribution < 1.29 is 0 Å². The zero-order valence-electron chi connectivity index (χ0n) is 34.6. The molecule has 0 spiro atoms. The van der Waals surface area contributed by atoms with Crippen LogP contribution in [0.3, 0.4) is 0 Å². The van der Waals surface area contributed by atoms with Crippen LogP contribution in [0.25, 0.3) is 33.6 Å². The van der Waals surface area contributed by atoms with Crippen LogP contribution >= 0.6 is 0 Å². The predicted octanol–water partition coefficient (Wildman–Crippen LogP) is 12.2. The van der Waals surface area contributed by atoms with Crippen molar-refractivity contribution in [3.8, 4) is 33.6 Å². The van der Waals surface area contributed by atoms with Crippen molar-refractivity contribution in [1.82, 2.24) is 9.97 Å². The summed E-state index contributed by atoms with van der Waals surface area (Å²) < 4.78 is 0. The number of anilines is 6. The van der Waals surface area contributed by atoms with E-state index in [4.69, 9.17) is 9.97 Å². The van der Waals surface area contributed by atoms with Gasteiger partial charge in [-0.05, 0) is 115 Å². The van der Waals surface area contributed by atoms with Crippen LogP contribution in [0, 0.1) is 0 Å². The lowest BCUT2D eigenvalue weighted by Gasteiger charge is -2.44. The highest BCUT2D eigenvalue weighted by atomic mass is 15.2. The highest BCUT2D eigenvalue weighted by molar-refractivity contribution is 7.00. The number of hydrogen-bond donors (Lipinski definition) is 0. The zero-order valence-corrected chi connectivity index (χ0v) is 34.6. The molecule has 5 heteroatoms. The van der Waals surface area contributed by atoms with E-state index in [9.17, 15) is 0 Å². The molecule has 0 radical (unpaired) electrons. The fraction of sp³-hybridized carbons (Fsp3) is 0.148. The second-order valence-corrected chi connectivity index (χ2v) is 18.0. The molecule has 0 fully saturated rings. The minimum absolute atomic E-state index is 0.0268. The van der Waals surface area contributed by atoms with Gasteiger partial charge in [-0.1, -0.05) is 151 Å². The molecule has 0 bridgehead atoms. The molecule has 3 heterocycles. The van der Waals surface area contributed by atoms with E-state index in [2.05, 4.69) is 209 Å². The van der Waals surface area contributed by atoms with Crippen molar-refractivity contribution in [2.24, 2.45) is 0 Å². The van der Waals surface area contributed by atoms with Gasteiger partial charge in [0, 0.05) is 52.1 Å². The van der Waals surface area contributed by atoms with E-state index in [1.807, 2.05) is 18.5 Å². The Labute approximate surface area is 349 Å². The molecule has 0 atom stereocenters. The van der Waals surface area contributed by atoms with Gasteiger partial charge < -0.3 is 9.80 Å². The maximum absolute atomic E-state index is 4.83. The Kier molecular flexibility index (Phi) is 8.68. The Hall–Kier alpha value is -6.72. The number of benzene rings is 7. The predicted molar refractivity (Wildman–Crippen MR) is 250 cm³/mol. The quantitative estimate of drug-likeness (QED) is 0.164. The van der Waals surface area contributed by atoms with Crippen LogP contribution in [0.2, 0.25) is 0 Å². The SMILES string of the molecule is CC(C)(C)c1ccc(N2c3cc(-c4ccccc4)ccc3B3c4ccc(-c5ccccc5)cc4N(c4ccc(C(C)(C)C)cc4)c4cc(-c5ncccn5)cc2c43)cc1. The summed E-state index contributed by atoms with van der Waals surface area (Å²) in [5, 5.41) is 0. The number of rotatable bonds is 5. The summed E-state index contributed by atoms with van der Waals surface area (Å²) >= 11 is 0. The van der Waals surface area contributed by atoms with Gasteiger partial charge >= 0.3 is 0 Å². The molecule has 0 unspecified atom stereocenters. The number of nitrogens with zero attached hydrogens (tertiary/aromatic N) is 4. The average molecular weight is 763 g/mol. The van der Waals surface area contributed by atoms with Crippen LogP contribution in [0.1, 0.15) is 52.7 Å². The molecule has 10 rings (SSSR count). The van der Waals surface area contributed by atoms with Crippen LogP contribution < -0.4 is 26.2 Å². The fourth-order valence-electron chi connectivity index (χ4n) is 8.96. The van der Waals surface area contributed by atoms with Crippen LogP contribution in [0.5, 0.6) is 0 Å². The number of fused-ring (bicyclic) bond motifs is 4. The molecular weight excluding hydrogens is 715 g/mol. The van der Waals surface area contributed by atoms with Gasteiger partial charge in [-0.25, -0.2) is 9.97 Å². The third-order valence-electron chi connectivity index (χ3n) is 12.1. The summed E-state index contributed by atoms with van der Waals surface area (Å²) in [6, 6.07) is 60.5. The number of hydrogen-bond acceptors (Lipinski definition) is 4. The van der Waals surface area contributed by atoms with Gasteiger partial charge in [-0.3, -0.25) is 0 Å². The maximum Gasteiger partial charge on any atom is 0.252 e.